The molecule has 0 N–H and O–H groups in total. The van der Waals surface area contributed by atoms with Crippen molar-refractivity contribution in [1.82, 2.24) is 15.0 Å². The largest absolute Gasteiger partial charge is 0.252 e. The SMILES string of the molecule is CCC(Br)c1cn(CC2CC2)nn1. The first-order chi connectivity index (χ1) is 6.29. The molecule has 0 bridgehead atoms. The summed E-state index contributed by atoms with van der Waals surface area (Å²) in [6, 6.07) is 0. The van der Waals surface area contributed by atoms with E-state index in [0.29, 0.717) is 4.83 Å². The van der Waals surface area contributed by atoms with Crippen molar-refractivity contribution in [2.24, 2.45) is 5.92 Å². The van der Waals surface area contributed by atoms with Gasteiger partial charge in [-0.1, -0.05) is 28.1 Å². The maximum absolute atomic E-state index is 4.13. The molecule has 4 heteroatoms. The molecule has 2 rings (SSSR count). The molecule has 1 unspecified atom stereocenters. The third kappa shape index (κ3) is 2.30. The minimum Gasteiger partial charge on any atom is -0.252 e. The molecular weight excluding hydrogens is 230 g/mol. The Morgan fingerprint density at radius 3 is 3.08 bits per heavy atom. The van der Waals surface area contributed by atoms with Crippen LogP contribution in [0.4, 0.5) is 0 Å². The summed E-state index contributed by atoms with van der Waals surface area (Å²) in [7, 11) is 0. The fourth-order valence-corrected chi connectivity index (χ4v) is 1.53. The van der Waals surface area contributed by atoms with Gasteiger partial charge in [-0.3, -0.25) is 4.68 Å². The Labute approximate surface area is 86.6 Å². The van der Waals surface area contributed by atoms with Crippen LogP contribution in [0.25, 0.3) is 0 Å². The normalized spacial score (nSPS) is 18.9. The van der Waals surface area contributed by atoms with E-state index in [4.69, 9.17) is 0 Å². The van der Waals surface area contributed by atoms with Crippen molar-refractivity contribution in [2.45, 2.75) is 37.6 Å². The average Bonchev–Trinajstić information content (AvgIpc) is 2.81. The van der Waals surface area contributed by atoms with E-state index in [2.05, 4.69) is 39.4 Å². The van der Waals surface area contributed by atoms with Crippen LogP contribution < -0.4 is 0 Å². The molecular formula is C9H14BrN3. The monoisotopic (exact) mass is 243 g/mol. The standard InChI is InChI=1S/C9H14BrN3/c1-2-8(10)9-6-13(12-11-9)5-7-3-4-7/h6-8H,2-5H2,1H3. The molecule has 1 aliphatic rings. The van der Waals surface area contributed by atoms with Crippen LogP contribution in [-0.4, -0.2) is 15.0 Å². The van der Waals surface area contributed by atoms with Crippen LogP contribution in [0.2, 0.25) is 0 Å². The second-order valence-electron chi connectivity index (χ2n) is 3.68. The van der Waals surface area contributed by atoms with Crippen LogP contribution in [0.15, 0.2) is 6.20 Å². The molecule has 0 radical (unpaired) electrons. The summed E-state index contributed by atoms with van der Waals surface area (Å²) in [5.41, 5.74) is 1.06. The van der Waals surface area contributed by atoms with Gasteiger partial charge in [0.2, 0.25) is 0 Å². The number of rotatable bonds is 4. The Morgan fingerprint density at radius 1 is 1.69 bits per heavy atom. The van der Waals surface area contributed by atoms with Crippen LogP contribution in [0.3, 0.4) is 0 Å². The predicted molar refractivity (Wildman–Crippen MR) is 54.7 cm³/mol. The lowest BCUT2D eigenvalue weighted by Gasteiger charge is -1.99. The molecule has 1 aliphatic carbocycles. The second-order valence-corrected chi connectivity index (χ2v) is 4.79. The average molecular weight is 244 g/mol. The number of aromatic nitrogens is 3. The maximum Gasteiger partial charge on any atom is 0.0963 e. The summed E-state index contributed by atoms with van der Waals surface area (Å²) in [6.07, 6.45) is 5.84. The number of hydrogen-bond donors (Lipinski definition) is 0. The highest BCUT2D eigenvalue weighted by Gasteiger charge is 2.22. The van der Waals surface area contributed by atoms with Crippen molar-refractivity contribution in [3.63, 3.8) is 0 Å². The van der Waals surface area contributed by atoms with E-state index in [1.807, 2.05) is 4.68 Å². The van der Waals surface area contributed by atoms with Crippen molar-refractivity contribution < 1.29 is 0 Å². The van der Waals surface area contributed by atoms with Crippen LogP contribution in [0, 0.1) is 5.92 Å². The van der Waals surface area contributed by atoms with Gasteiger partial charge in [0.25, 0.3) is 0 Å². The van der Waals surface area contributed by atoms with Gasteiger partial charge in [0.1, 0.15) is 0 Å². The van der Waals surface area contributed by atoms with Gasteiger partial charge in [0.05, 0.1) is 10.5 Å². The van der Waals surface area contributed by atoms with Crippen molar-refractivity contribution >= 4 is 15.9 Å². The molecule has 1 atom stereocenters. The molecule has 0 saturated heterocycles. The summed E-state index contributed by atoms with van der Waals surface area (Å²) >= 11 is 3.56. The minimum atomic E-state index is 0.362. The summed E-state index contributed by atoms with van der Waals surface area (Å²) in [5.74, 6) is 0.866. The van der Waals surface area contributed by atoms with Crippen molar-refractivity contribution in [3.8, 4) is 0 Å². The number of nitrogens with zero attached hydrogens (tertiary/aromatic N) is 3. The fraction of sp³-hybridized carbons (Fsp3) is 0.778. The van der Waals surface area contributed by atoms with Gasteiger partial charge in [-0.25, -0.2) is 0 Å². The van der Waals surface area contributed by atoms with Gasteiger partial charge in [-0.2, -0.15) is 0 Å². The summed E-state index contributed by atoms with van der Waals surface area (Å²) in [6.45, 7) is 3.19. The quantitative estimate of drug-likeness (QED) is 0.762. The molecule has 1 heterocycles. The van der Waals surface area contributed by atoms with Crippen molar-refractivity contribution in [2.75, 3.05) is 0 Å². The Hall–Kier alpha value is -0.380. The number of halogens is 1. The molecule has 0 aliphatic heterocycles. The van der Waals surface area contributed by atoms with Crippen LogP contribution >= 0.6 is 15.9 Å². The van der Waals surface area contributed by atoms with Crippen LogP contribution in [0.5, 0.6) is 0 Å². The Kier molecular flexibility index (Phi) is 2.67. The van der Waals surface area contributed by atoms with Crippen molar-refractivity contribution in [3.05, 3.63) is 11.9 Å². The molecule has 72 valence electrons. The number of alkyl halides is 1. The van der Waals surface area contributed by atoms with E-state index in [0.717, 1.165) is 24.6 Å². The molecule has 0 aromatic carbocycles. The Morgan fingerprint density at radius 2 is 2.46 bits per heavy atom. The van der Waals surface area contributed by atoms with E-state index < -0.39 is 0 Å². The van der Waals surface area contributed by atoms with Gasteiger partial charge >= 0.3 is 0 Å². The first-order valence-electron chi connectivity index (χ1n) is 4.83. The molecule has 13 heavy (non-hydrogen) atoms. The first-order valence-corrected chi connectivity index (χ1v) is 5.75. The third-order valence-electron chi connectivity index (χ3n) is 2.38. The third-order valence-corrected chi connectivity index (χ3v) is 3.49. The molecule has 0 spiro atoms. The van der Waals surface area contributed by atoms with E-state index >= 15 is 0 Å². The lowest BCUT2D eigenvalue weighted by atomic mass is 10.3. The zero-order valence-electron chi connectivity index (χ0n) is 7.78. The highest BCUT2D eigenvalue weighted by atomic mass is 79.9. The van der Waals surface area contributed by atoms with E-state index in [1.165, 1.54) is 12.8 Å². The summed E-state index contributed by atoms with van der Waals surface area (Å²) in [5, 5.41) is 8.24. The molecule has 3 nitrogen and oxygen atoms in total. The topological polar surface area (TPSA) is 30.7 Å². The lowest BCUT2D eigenvalue weighted by Crippen LogP contribution is -1.99. The molecule has 1 saturated carbocycles. The smallest absolute Gasteiger partial charge is 0.0963 e. The molecule has 1 aromatic heterocycles. The van der Waals surface area contributed by atoms with E-state index in [9.17, 15) is 0 Å². The lowest BCUT2D eigenvalue weighted by molar-refractivity contribution is 0.544. The fourth-order valence-electron chi connectivity index (χ4n) is 1.32. The predicted octanol–water partition coefficient (Wildman–Crippen LogP) is 2.53. The Bertz CT molecular complexity index is 280. The highest BCUT2D eigenvalue weighted by Crippen LogP contribution is 2.31. The van der Waals surface area contributed by atoms with Crippen LogP contribution in [-0.2, 0) is 6.54 Å². The molecule has 1 aromatic rings. The molecule has 0 amide bonds. The van der Waals surface area contributed by atoms with Crippen LogP contribution in [0.1, 0.15) is 36.7 Å². The van der Waals surface area contributed by atoms with Gasteiger partial charge in [-0.05, 0) is 25.2 Å². The van der Waals surface area contributed by atoms with Gasteiger partial charge in [0.15, 0.2) is 0 Å². The van der Waals surface area contributed by atoms with E-state index in [-0.39, 0.29) is 0 Å². The zero-order valence-corrected chi connectivity index (χ0v) is 9.37. The van der Waals surface area contributed by atoms with Crippen molar-refractivity contribution in [1.29, 1.82) is 0 Å². The second kappa shape index (κ2) is 3.78. The highest BCUT2D eigenvalue weighted by molar-refractivity contribution is 9.09. The van der Waals surface area contributed by atoms with E-state index in [1.54, 1.807) is 0 Å². The zero-order chi connectivity index (χ0) is 9.26. The van der Waals surface area contributed by atoms with Gasteiger partial charge < -0.3 is 0 Å². The Balaban J connectivity index is 1.99. The first kappa shape index (κ1) is 9.19. The van der Waals surface area contributed by atoms with Gasteiger partial charge in [0, 0.05) is 12.7 Å². The molecule has 1 fully saturated rings. The maximum atomic E-state index is 4.13. The minimum absolute atomic E-state index is 0.362. The summed E-state index contributed by atoms with van der Waals surface area (Å²) in [4.78, 5) is 0.362. The number of hydrogen-bond acceptors (Lipinski definition) is 2. The van der Waals surface area contributed by atoms with Gasteiger partial charge in [-0.15, -0.1) is 5.10 Å². The summed E-state index contributed by atoms with van der Waals surface area (Å²) < 4.78 is 1.97.